The van der Waals surface area contributed by atoms with E-state index >= 15 is 0 Å². The number of phenolic OH excluding ortho intramolecular Hbond substituents is 1. The highest BCUT2D eigenvalue weighted by Crippen LogP contribution is 2.25. The summed E-state index contributed by atoms with van der Waals surface area (Å²) in [5, 5.41) is 19.0. The number of benzene rings is 4. The van der Waals surface area contributed by atoms with Crippen molar-refractivity contribution in [1.82, 2.24) is 15.0 Å². The fourth-order valence-corrected chi connectivity index (χ4v) is 5.62. The predicted octanol–water partition coefficient (Wildman–Crippen LogP) is 7.48. The molecule has 11 nitrogen and oxygen atoms in total. The molecule has 11 heteroatoms. The molecule has 0 saturated heterocycles. The van der Waals surface area contributed by atoms with Gasteiger partial charge in [0.25, 0.3) is 0 Å². The number of hydrogen-bond acceptors (Lipinski definition) is 10. The largest absolute Gasteiger partial charge is 0.507 e. The number of unbranched alkanes of at least 4 members (excludes halogenated alkanes) is 1. The number of hydrogen-bond donors (Lipinski definition) is 1. The molecule has 0 atom stereocenters. The number of aromatic nitrogens is 3. The van der Waals surface area contributed by atoms with Gasteiger partial charge in [-0.25, -0.2) is 4.68 Å². The van der Waals surface area contributed by atoms with Crippen LogP contribution in [0.4, 0.5) is 0 Å². The lowest BCUT2D eigenvalue weighted by Gasteiger charge is -2.09. The van der Waals surface area contributed by atoms with Gasteiger partial charge in [-0.2, -0.15) is 0 Å². The summed E-state index contributed by atoms with van der Waals surface area (Å²) < 4.78 is 30.8. The summed E-state index contributed by atoms with van der Waals surface area (Å²) in [5.74, 6) is 1.61. The highest BCUT2D eigenvalue weighted by atomic mass is 16.5. The molecule has 2 heterocycles. The van der Waals surface area contributed by atoms with E-state index in [0.29, 0.717) is 68.7 Å². The van der Waals surface area contributed by atoms with Gasteiger partial charge in [-0.15, -0.1) is 5.10 Å². The van der Waals surface area contributed by atoms with E-state index in [1.807, 2.05) is 67.7 Å². The van der Waals surface area contributed by atoms with Crippen molar-refractivity contribution in [3.63, 3.8) is 0 Å². The SMILES string of the molecule is Cc1ccc(C(=O)/C=C/c2ccc(OCCCCc3cn(CCOCCOCCOc4ccc5c(=O)cc(-c6ccccc6)oc5c4)nn3)cc2)c(O)c1. The minimum atomic E-state index is -0.251. The number of carbonyl (C=O) groups is 1. The number of aromatic hydroxyl groups is 1. The maximum absolute atomic E-state index is 12.6. The molecule has 54 heavy (non-hydrogen) atoms. The number of carbonyl (C=O) groups excluding carboxylic acids is 1. The monoisotopic (exact) mass is 729 g/mol. The molecule has 0 aliphatic rings. The van der Waals surface area contributed by atoms with Gasteiger partial charge < -0.3 is 28.5 Å². The van der Waals surface area contributed by atoms with Gasteiger partial charge in [0.05, 0.1) is 56.2 Å². The lowest BCUT2D eigenvalue weighted by Crippen LogP contribution is -2.13. The number of fused-ring (bicyclic) bond motifs is 1. The van der Waals surface area contributed by atoms with Crippen molar-refractivity contribution >= 4 is 22.8 Å². The van der Waals surface area contributed by atoms with Crippen LogP contribution in [0.1, 0.15) is 40.0 Å². The van der Waals surface area contributed by atoms with E-state index in [2.05, 4.69) is 10.3 Å². The molecule has 0 spiro atoms. The summed E-state index contributed by atoms with van der Waals surface area (Å²) in [6.07, 6.45) is 7.70. The van der Waals surface area contributed by atoms with Crippen molar-refractivity contribution in [3.8, 4) is 28.6 Å². The number of phenols is 1. The van der Waals surface area contributed by atoms with Crippen LogP contribution in [0.15, 0.2) is 119 Å². The third kappa shape index (κ3) is 11.0. The van der Waals surface area contributed by atoms with E-state index in [0.717, 1.165) is 47.4 Å². The second-order valence-electron chi connectivity index (χ2n) is 12.6. The Kier molecular flexibility index (Phi) is 13.4. The molecule has 0 bridgehead atoms. The van der Waals surface area contributed by atoms with Crippen LogP contribution in [0.3, 0.4) is 0 Å². The highest BCUT2D eigenvalue weighted by Gasteiger charge is 2.10. The number of ketones is 1. The maximum Gasteiger partial charge on any atom is 0.193 e. The van der Waals surface area contributed by atoms with E-state index < -0.39 is 0 Å². The first-order valence-corrected chi connectivity index (χ1v) is 18.0. The summed E-state index contributed by atoms with van der Waals surface area (Å²) in [6, 6.07) is 28.8. The van der Waals surface area contributed by atoms with Gasteiger partial charge >= 0.3 is 0 Å². The molecule has 6 aromatic rings. The first kappa shape index (κ1) is 37.7. The Morgan fingerprint density at radius 1 is 0.815 bits per heavy atom. The minimum absolute atomic E-state index is 0.0153. The molecule has 0 saturated carbocycles. The van der Waals surface area contributed by atoms with Gasteiger partial charge in [0, 0.05) is 23.9 Å². The zero-order valence-corrected chi connectivity index (χ0v) is 30.2. The molecular weight excluding hydrogens is 686 g/mol. The molecule has 0 aliphatic carbocycles. The molecule has 4 aromatic carbocycles. The number of rotatable bonds is 20. The van der Waals surface area contributed by atoms with Crippen molar-refractivity contribution in [2.45, 2.75) is 32.7 Å². The first-order valence-electron chi connectivity index (χ1n) is 18.0. The van der Waals surface area contributed by atoms with E-state index in [9.17, 15) is 14.7 Å². The van der Waals surface area contributed by atoms with Crippen LogP contribution in [0.2, 0.25) is 0 Å². The van der Waals surface area contributed by atoms with Gasteiger partial charge in [-0.3, -0.25) is 9.59 Å². The van der Waals surface area contributed by atoms with Crippen LogP contribution < -0.4 is 14.9 Å². The van der Waals surface area contributed by atoms with E-state index in [4.69, 9.17) is 23.4 Å². The maximum atomic E-state index is 12.6. The van der Waals surface area contributed by atoms with Crippen LogP contribution in [-0.2, 0) is 22.4 Å². The van der Waals surface area contributed by atoms with Crippen LogP contribution in [-0.4, -0.2) is 65.5 Å². The molecule has 0 amide bonds. The Bertz CT molecular complexity index is 2210. The standard InChI is InChI=1S/C43H43N3O8/c1-31-10-17-37(40(48)27-31)39(47)19-13-32-11-14-35(15-12-32)52-21-6-5-9-34-30-46(45-44-34)20-22-50-23-24-51-25-26-53-36-16-18-38-41(49)29-42(54-43(38)28-36)33-7-3-2-4-8-33/h2-4,7-8,10-19,27-30,48H,5-6,9,20-26H2,1H3/b19-13+. The quantitative estimate of drug-likeness (QED) is 0.0479. The summed E-state index contributed by atoms with van der Waals surface area (Å²) >= 11 is 0. The average molecular weight is 730 g/mol. The number of aryl methyl sites for hydroxylation is 2. The summed E-state index contributed by atoms with van der Waals surface area (Å²) in [4.78, 5) is 25.0. The topological polar surface area (TPSA) is 135 Å². The zero-order chi connectivity index (χ0) is 37.5. The number of ether oxygens (including phenoxy) is 4. The fourth-order valence-electron chi connectivity index (χ4n) is 5.62. The van der Waals surface area contributed by atoms with Crippen molar-refractivity contribution in [3.05, 3.63) is 142 Å². The predicted molar refractivity (Wildman–Crippen MR) is 206 cm³/mol. The Hall–Kier alpha value is -6.04. The van der Waals surface area contributed by atoms with Gasteiger partial charge in [0.15, 0.2) is 11.2 Å². The normalized spacial score (nSPS) is 11.4. The fraction of sp³-hybridized carbons (Fsp3) is 0.256. The summed E-state index contributed by atoms with van der Waals surface area (Å²) in [6.45, 7) is 5.15. The third-order valence-electron chi connectivity index (χ3n) is 8.50. The molecule has 1 N–H and O–H groups in total. The Morgan fingerprint density at radius 2 is 1.57 bits per heavy atom. The van der Waals surface area contributed by atoms with Crippen LogP contribution >= 0.6 is 0 Å². The van der Waals surface area contributed by atoms with Gasteiger partial charge in [-0.1, -0.05) is 59.8 Å². The number of allylic oxidation sites excluding steroid dienone is 1. The van der Waals surface area contributed by atoms with Gasteiger partial charge in [0.2, 0.25) is 0 Å². The van der Waals surface area contributed by atoms with E-state index in [1.54, 1.807) is 47.2 Å². The van der Waals surface area contributed by atoms with Crippen LogP contribution in [0, 0.1) is 6.92 Å². The Morgan fingerprint density at radius 3 is 2.39 bits per heavy atom. The van der Waals surface area contributed by atoms with Crippen LogP contribution in [0.5, 0.6) is 17.2 Å². The van der Waals surface area contributed by atoms with Crippen molar-refractivity contribution in [2.75, 3.05) is 39.6 Å². The molecule has 2 aromatic heterocycles. The van der Waals surface area contributed by atoms with Gasteiger partial charge in [-0.05, 0) is 79.8 Å². The smallest absolute Gasteiger partial charge is 0.193 e. The minimum Gasteiger partial charge on any atom is -0.507 e. The molecule has 6 rings (SSSR count). The third-order valence-corrected chi connectivity index (χ3v) is 8.50. The second kappa shape index (κ2) is 19.2. The van der Waals surface area contributed by atoms with E-state index in [-0.39, 0.29) is 22.5 Å². The molecule has 0 aliphatic heterocycles. The highest BCUT2D eigenvalue weighted by molar-refractivity contribution is 6.08. The zero-order valence-electron chi connectivity index (χ0n) is 30.2. The first-order chi connectivity index (χ1) is 26.4. The average Bonchev–Trinajstić information content (AvgIpc) is 3.64. The lowest BCUT2D eigenvalue weighted by atomic mass is 10.1. The van der Waals surface area contributed by atoms with Crippen molar-refractivity contribution < 1.29 is 33.3 Å². The Balaban J connectivity index is 0.796. The molecular formula is C43H43N3O8. The second-order valence-corrected chi connectivity index (χ2v) is 12.6. The Labute approximate surface area is 313 Å². The van der Waals surface area contributed by atoms with Crippen molar-refractivity contribution in [2.24, 2.45) is 0 Å². The molecule has 278 valence electrons. The van der Waals surface area contributed by atoms with Gasteiger partial charge in [0.1, 0.15) is 35.2 Å². The number of nitrogens with zero attached hydrogens (tertiary/aromatic N) is 3. The van der Waals surface area contributed by atoms with Crippen molar-refractivity contribution in [1.29, 1.82) is 0 Å². The molecule has 0 fully saturated rings. The summed E-state index contributed by atoms with van der Waals surface area (Å²) in [7, 11) is 0. The van der Waals surface area contributed by atoms with Crippen LogP contribution in [0.25, 0.3) is 28.4 Å². The molecule has 0 unspecified atom stereocenters. The van der Waals surface area contributed by atoms with E-state index in [1.165, 1.54) is 12.1 Å². The summed E-state index contributed by atoms with van der Waals surface area (Å²) in [5.41, 5.74) is 4.17. The molecule has 0 radical (unpaired) electrons. The lowest BCUT2D eigenvalue weighted by molar-refractivity contribution is 0.0333.